The van der Waals surface area contributed by atoms with Gasteiger partial charge in [-0.05, 0) is 98.7 Å². The number of aromatic nitrogens is 4. The zero-order valence-corrected chi connectivity index (χ0v) is 39.9. The van der Waals surface area contributed by atoms with Gasteiger partial charge in [0.1, 0.15) is 30.0 Å². The van der Waals surface area contributed by atoms with E-state index in [1.807, 2.05) is 85.1 Å². The van der Waals surface area contributed by atoms with Gasteiger partial charge in [-0.1, -0.05) is 72.6 Å². The van der Waals surface area contributed by atoms with E-state index in [1.165, 1.54) is 20.4 Å². The molecule has 3 N–H and O–H groups in total. The second-order valence-electron chi connectivity index (χ2n) is 17.5. The highest BCUT2D eigenvalue weighted by Crippen LogP contribution is 2.43. The summed E-state index contributed by atoms with van der Waals surface area (Å²) in [5.41, 5.74) is 6.45. The summed E-state index contributed by atoms with van der Waals surface area (Å²) in [5.74, 6) is 0.982. The SMILES string of the molecule is CC[C@H](C)C(C=NC(=O)OC)C(=O)N([C@@H](C)CC)[C@@H](C)c1nc2c(ccc3cc4c(cc32)OCc2cc(-c3cnc([C@H](C)N(C(=O)C(NC(=O)OC)[C@@H](C)CC)[C@@H](C)CC)[nH]3)ccc2-4)[nH]1. The third-order valence-electron chi connectivity index (χ3n) is 13.5. The third-order valence-corrected chi connectivity index (χ3v) is 13.5. The van der Waals surface area contributed by atoms with Crippen molar-refractivity contribution < 1.29 is 33.4 Å². The van der Waals surface area contributed by atoms with Gasteiger partial charge < -0.3 is 39.3 Å². The van der Waals surface area contributed by atoms with Crippen LogP contribution in [0.3, 0.4) is 0 Å². The Balaban J connectivity index is 1.28. The Labute approximate surface area is 382 Å². The van der Waals surface area contributed by atoms with Crippen molar-refractivity contribution in [3.8, 4) is 28.1 Å². The molecule has 2 unspecified atom stereocenters. The van der Waals surface area contributed by atoms with Crippen LogP contribution in [0.25, 0.3) is 44.2 Å². The molecule has 0 aliphatic carbocycles. The fraction of sp³-hybridized carbons (Fsp3) is 0.500. The molecule has 15 heteroatoms. The summed E-state index contributed by atoms with van der Waals surface area (Å²) in [6.45, 7) is 20.4. The lowest BCUT2D eigenvalue weighted by Gasteiger charge is -2.37. The largest absolute Gasteiger partial charge is 0.488 e. The van der Waals surface area contributed by atoms with Crippen LogP contribution in [0.4, 0.5) is 9.59 Å². The predicted molar refractivity (Wildman–Crippen MR) is 254 cm³/mol. The van der Waals surface area contributed by atoms with Crippen LogP contribution in [-0.4, -0.2) is 92.3 Å². The van der Waals surface area contributed by atoms with E-state index in [-0.39, 0.29) is 35.7 Å². The van der Waals surface area contributed by atoms with Crippen molar-refractivity contribution in [2.45, 2.75) is 132 Å². The van der Waals surface area contributed by atoms with Crippen molar-refractivity contribution in [1.29, 1.82) is 0 Å². The van der Waals surface area contributed by atoms with Crippen LogP contribution < -0.4 is 10.1 Å². The average Bonchev–Trinajstić information content (AvgIpc) is 4.01. The van der Waals surface area contributed by atoms with E-state index in [1.54, 1.807) is 6.20 Å². The number of ether oxygens (including phenoxy) is 3. The first-order valence-corrected chi connectivity index (χ1v) is 23.0. The van der Waals surface area contributed by atoms with Gasteiger partial charge in [0.05, 0.1) is 55.1 Å². The lowest BCUT2D eigenvalue weighted by atomic mass is 9.90. The first-order valence-electron chi connectivity index (χ1n) is 23.0. The number of carbonyl (C=O) groups is 4. The maximum absolute atomic E-state index is 14.3. The minimum Gasteiger partial charge on any atom is -0.488 e. The van der Waals surface area contributed by atoms with Crippen molar-refractivity contribution >= 4 is 52.0 Å². The van der Waals surface area contributed by atoms with Crippen molar-refractivity contribution in [3.05, 3.63) is 65.9 Å². The Morgan fingerprint density at radius 3 is 2.12 bits per heavy atom. The van der Waals surface area contributed by atoms with E-state index >= 15 is 0 Å². The smallest absolute Gasteiger partial charge is 0.432 e. The summed E-state index contributed by atoms with van der Waals surface area (Å²) in [6, 6.07) is 12.8. The highest BCUT2D eigenvalue weighted by atomic mass is 16.5. The summed E-state index contributed by atoms with van der Waals surface area (Å²) in [6.07, 6.45) is 4.73. The first-order chi connectivity index (χ1) is 31.1. The molecular formula is C50H66N8O7. The number of hydrogen-bond donors (Lipinski definition) is 3. The zero-order chi connectivity index (χ0) is 47.3. The molecule has 0 saturated heterocycles. The van der Waals surface area contributed by atoms with E-state index in [0.717, 1.165) is 74.8 Å². The first kappa shape index (κ1) is 48.2. The van der Waals surface area contributed by atoms with E-state index in [9.17, 15) is 19.2 Å². The number of nitrogens with one attached hydrogen (secondary N) is 3. The van der Waals surface area contributed by atoms with Crippen LogP contribution >= 0.6 is 0 Å². The lowest BCUT2D eigenvalue weighted by Crippen LogP contribution is -2.54. The minimum absolute atomic E-state index is 0.0543. The molecule has 0 spiro atoms. The van der Waals surface area contributed by atoms with Crippen molar-refractivity contribution in [1.82, 2.24) is 35.1 Å². The molecule has 3 heterocycles. The fourth-order valence-electron chi connectivity index (χ4n) is 8.71. The zero-order valence-electron chi connectivity index (χ0n) is 39.9. The van der Waals surface area contributed by atoms with E-state index in [4.69, 9.17) is 24.2 Å². The van der Waals surface area contributed by atoms with Crippen molar-refractivity contribution in [2.24, 2.45) is 22.7 Å². The Hall–Kier alpha value is -6.25. The number of carbonyl (C=O) groups excluding carboxylic acids is 4. The molecule has 6 rings (SSSR count). The molecule has 4 amide bonds. The molecule has 348 valence electrons. The highest BCUT2D eigenvalue weighted by Gasteiger charge is 2.37. The Morgan fingerprint density at radius 2 is 1.48 bits per heavy atom. The second-order valence-corrected chi connectivity index (χ2v) is 17.5. The summed E-state index contributed by atoms with van der Waals surface area (Å²) < 4.78 is 16.0. The maximum atomic E-state index is 14.3. The molecule has 0 fully saturated rings. The van der Waals surface area contributed by atoms with Gasteiger partial charge in [0.2, 0.25) is 11.8 Å². The molecule has 8 atom stereocenters. The Kier molecular flexibility index (Phi) is 15.4. The number of methoxy groups -OCH3 is 2. The Bertz CT molecular complexity index is 2550. The van der Waals surface area contributed by atoms with Crippen molar-refractivity contribution in [2.75, 3.05) is 14.2 Å². The monoisotopic (exact) mass is 891 g/mol. The van der Waals surface area contributed by atoms with E-state index < -0.39 is 36.2 Å². The van der Waals surface area contributed by atoms with Crippen LogP contribution in [0.2, 0.25) is 0 Å². The second kappa shape index (κ2) is 20.7. The number of aliphatic imine (C=N–C) groups is 1. The van der Waals surface area contributed by atoms with Gasteiger partial charge in [0.15, 0.2) is 0 Å². The summed E-state index contributed by atoms with van der Waals surface area (Å²) in [5, 5.41) is 4.70. The normalized spacial score (nSPS) is 16.0. The summed E-state index contributed by atoms with van der Waals surface area (Å²) in [4.78, 5) is 77.2. The van der Waals surface area contributed by atoms with Gasteiger partial charge in [-0.25, -0.2) is 19.6 Å². The molecular weight excluding hydrogens is 825 g/mol. The number of hydrogen-bond acceptors (Lipinski definition) is 9. The number of H-pyrrole nitrogens is 2. The molecule has 0 saturated carbocycles. The van der Waals surface area contributed by atoms with Gasteiger partial charge in [-0.15, -0.1) is 0 Å². The molecule has 0 bridgehead atoms. The number of imidazole rings is 2. The quantitative estimate of drug-likeness (QED) is 0.0765. The van der Waals surface area contributed by atoms with Crippen LogP contribution in [0.15, 0.2) is 53.7 Å². The molecule has 1 aliphatic rings. The van der Waals surface area contributed by atoms with E-state index in [0.29, 0.717) is 24.7 Å². The van der Waals surface area contributed by atoms with Crippen molar-refractivity contribution in [3.63, 3.8) is 0 Å². The van der Waals surface area contributed by atoms with Gasteiger partial charge in [0, 0.05) is 29.2 Å². The molecule has 65 heavy (non-hydrogen) atoms. The number of amides is 4. The summed E-state index contributed by atoms with van der Waals surface area (Å²) >= 11 is 0. The van der Waals surface area contributed by atoms with Crippen LogP contribution in [-0.2, 0) is 25.7 Å². The minimum atomic E-state index is -0.746. The molecule has 2 aromatic heterocycles. The third kappa shape index (κ3) is 9.89. The van der Waals surface area contributed by atoms with Gasteiger partial charge >= 0.3 is 12.2 Å². The molecule has 3 aromatic carbocycles. The number of benzene rings is 3. The highest BCUT2D eigenvalue weighted by molar-refractivity contribution is 6.07. The summed E-state index contributed by atoms with van der Waals surface area (Å²) in [7, 11) is 2.56. The predicted octanol–water partition coefficient (Wildman–Crippen LogP) is 10.3. The molecule has 15 nitrogen and oxygen atoms in total. The number of nitrogens with zero attached hydrogens (tertiary/aromatic N) is 5. The van der Waals surface area contributed by atoms with Gasteiger partial charge in [0.25, 0.3) is 0 Å². The molecule has 0 radical (unpaired) electrons. The number of rotatable bonds is 17. The maximum Gasteiger partial charge on any atom is 0.432 e. The van der Waals surface area contributed by atoms with Gasteiger partial charge in [-0.3, -0.25) is 9.59 Å². The topological polar surface area (TPSA) is 184 Å². The lowest BCUT2D eigenvalue weighted by molar-refractivity contribution is -0.140. The number of alkyl carbamates (subject to hydrolysis) is 1. The van der Waals surface area contributed by atoms with E-state index in [2.05, 4.69) is 56.7 Å². The van der Waals surface area contributed by atoms with Gasteiger partial charge in [-0.2, -0.15) is 4.99 Å². The molecule has 5 aromatic rings. The standard InChI is InChI=1S/C50H66N8O7/c1-13-27(5)39(24-52-49(61)63-11)47(59)57(29(7)15-3)32(10)46-53-40-20-18-33-22-38-36-19-17-34(21-35(36)26-65-42(38)23-37(33)44(40)55-46)41-25-51-45(54-41)31(9)58(30(8)16-4)48(60)43(28(6)14-2)56-50(62)64-12/h17-25,27-32,39,43H,13-16,26H2,1-12H3,(H,51,54)(H,53,55)(H,56,62)/t27-,28-,29-,30-,31-,32-,39?,43?/m0/s1. The van der Waals surface area contributed by atoms with Crippen LogP contribution in [0, 0.1) is 17.8 Å². The number of aromatic amines is 2. The molecule has 1 aliphatic heterocycles. The average molecular weight is 891 g/mol. The fourth-order valence-corrected chi connectivity index (χ4v) is 8.71. The number of fused-ring (bicyclic) bond motifs is 6. The van der Waals surface area contributed by atoms with Crippen LogP contribution in [0.5, 0.6) is 5.75 Å². The van der Waals surface area contributed by atoms with Crippen LogP contribution in [0.1, 0.15) is 124 Å². The Morgan fingerprint density at radius 1 is 0.800 bits per heavy atom.